The van der Waals surface area contributed by atoms with Gasteiger partial charge in [0.15, 0.2) is 0 Å². The number of rotatable bonds is 2. The largest absolute Gasteiger partial charge is 0.481 e. The molecule has 76 valence electrons. The van der Waals surface area contributed by atoms with E-state index >= 15 is 0 Å². The molecule has 2 N–H and O–H groups in total. The molecule has 0 amide bonds. The number of carboxylic acids is 1. The number of hydrogen-bond donors (Lipinski definition) is 2. The zero-order chi connectivity index (χ0) is 9.97. The maximum absolute atomic E-state index is 10.8. The van der Waals surface area contributed by atoms with E-state index in [4.69, 9.17) is 9.63 Å². The summed E-state index contributed by atoms with van der Waals surface area (Å²) in [6.45, 7) is 0.729. The van der Waals surface area contributed by atoms with Crippen molar-refractivity contribution >= 4 is 5.97 Å². The first-order chi connectivity index (χ1) is 6.77. The van der Waals surface area contributed by atoms with Gasteiger partial charge >= 0.3 is 5.97 Å². The summed E-state index contributed by atoms with van der Waals surface area (Å²) in [7, 11) is 0. The molecule has 0 spiro atoms. The van der Waals surface area contributed by atoms with Gasteiger partial charge in [-0.1, -0.05) is 5.16 Å². The molecule has 1 aliphatic heterocycles. The Morgan fingerprint density at radius 3 is 3.21 bits per heavy atom. The maximum Gasteiger partial charge on any atom is 0.306 e. The van der Waals surface area contributed by atoms with Crippen LogP contribution in [0, 0.1) is 5.92 Å². The molecule has 0 radical (unpaired) electrons. The molecule has 0 saturated carbocycles. The minimum atomic E-state index is -0.715. The molecule has 5 nitrogen and oxygen atoms in total. The van der Waals surface area contributed by atoms with Crippen LogP contribution in [0.2, 0.25) is 0 Å². The van der Waals surface area contributed by atoms with Crippen LogP contribution in [0.3, 0.4) is 0 Å². The lowest BCUT2D eigenvalue weighted by molar-refractivity contribution is -0.143. The van der Waals surface area contributed by atoms with Crippen LogP contribution < -0.4 is 5.32 Å². The van der Waals surface area contributed by atoms with Gasteiger partial charge in [0, 0.05) is 11.6 Å². The number of nitrogens with one attached hydrogen (secondary N) is 1. The average molecular weight is 196 g/mol. The molecule has 2 heterocycles. The Labute approximate surface area is 81.1 Å². The molecule has 1 fully saturated rings. The molecule has 2 atom stereocenters. The lowest BCUT2D eigenvalue weighted by Gasteiger charge is -2.26. The first kappa shape index (κ1) is 9.21. The minimum Gasteiger partial charge on any atom is -0.481 e. The van der Waals surface area contributed by atoms with Gasteiger partial charge in [-0.05, 0) is 19.4 Å². The first-order valence-electron chi connectivity index (χ1n) is 4.63. The smallest absolute Gasteiger partial charge is 0.306 e. The zero-order valence-electron chi connectivity index (χ0n) is 7.64. The number of aromatic nitrogens is 1. The predicted octanol–water partition coefficient (Wildman–Crippen LogP) is 0.800. The molecule has 14 heavy (non-hydrogen) atoms. The van der Waals surface area contributed by atoms with E-state index in [2.05, 4.69) is 10.5 Å². The Bertz CT molecular complexity index is 310. The zero-order valence-corrected chi connectivity index (χ0v) is 7.64. The number of carboxylic acid groups (broad SMARTS) is 1. The van der Waals surface area contributed by atoms with Crippen molar-refractivity contribution in [1.82, 2.24) is 10.5 Å². The fourth-order valence-electron chi connectivity index (χ4n) is 1.78. The molecule has 1 aliphatic rings. The lowest BCUT2D eigenvalue weighted by Crippen LogP contribution is -2.34. The Morgan fingerprint density at radius 2 is 2.57 bits per heavy atom. The first-order valence-corrected chi connectivity index (χ1v) is 4.63. The van der Waals surface area contributed by atoms with E-state index in [9.17, 15) is 4.79 Å². The van der Waals surface area contributed by atoms with Crippen molar-refractivity contribution in [2.24, 2.45) is 5.92 Å². The Balaban J connectivity index is 2.04. The highest BCUT2D eigenvalue weighted by Gasteiger charge is 2.28. The summed E-state index contributed by atoms with van der Waals surface area (Å²) in [6.07, 6.45) is 4.48. The van der Waals surface area contributed by atoms with E-state index in [0.717, 1.165) is 12.1 Å². The van der Waals surface area contributed by atoms with Gasteiger partial charge in [0.1, 0.15) is 6.26 Å². The standard InChI is InChI=1S/C9H12N2O3/c12-9(13)6-1-2-10-8(3-6)7-4-11-14-5-7/h4-6,8,10H,1-3H2,(H,12,13). The molecule has 5 heteroatoms. The van der Waals surface area contributed by atoms with Gasteiger partial charge in [-0.25, -0.2) is 0 Å². The molecule has 0 aromatic carbocycles. The van der Waals surface area contributed by atoms with Crippen molar-refractivity contribution in [3.63, 3.8) is 0 Å². The Hall–Kier alpha value is -1.36. The van der Waals surface area contributed by atoms with Crippen molar-refractivity contribution in [2.45, 2.75) is 18.9 Å². The third-order valence-corrected chi connectivity index (χ3v) is 2.61. The quantitative estimate of drug-likeness (QED) is 0.731. The van der Waals surface area contributed by atoms with E-state index in [0.29, 0.717) is 12.8 Å². The summed E-state index contributed by atoms with van der Waals surface area (Å²) in [6, 6.07) is 0.0658. The summed E-state index contributed by atoms with van der Waals surface area (Å²) in [5, 5.41) is 15.7. The third kappa shape index (κ3) is 1.77. The number of carbonyl (C=O) groups is 1. The van der Waals surface area contributed by atoms with Gasteiger partial charge in [0.05, 0.1) is 12.1 Å². The van der Waals surface area contributed by atoms with Crippen molar-refractivity contribution in [3.05, 3.63) is 18.0 Å². The molecular formula is C9H12N2O3. The van der Waals surface area contributed by atoms with Crippen molar-refractivity contribution < 1.29 is 14.4 Å². The summed E-state index contributed by atoms with van der Waals surface area (Å²) < 4.78 is 4.73. The number of aliphatic carboxylic acids is 1. The molecule has 2 rings (SSSR count). The van der Waals surface area contributed by atoms with Gasteiger partial charge in [-0.15, -0.1) is 0 Å². The van der Waals surface area contributed by atoms with Gasteiger partial charge in [0.2, 0.25) is 0 Å². The van der Waals surface area contributed by atoms with E-state index in [1.165, 1.54) is 0 Å². The summed E-state index contributed by atoms with van der Waals surface area (Å²) in [5.41, 5.74) is 0.927. The van der Waals surface area contributed by atoms with Crippen LogP contribution in [0.4, 0.5) is 0 Å². The van der Waals surface area contributed by atoms with Gasteiger partial charge in [-0.3, -0.25) is 4.79 Å². The van der Waals surface area contributed by atoms with E-state index < -0.39 is 5.97 Å². The van der Waals surface area contributed by atoms with Crippen molar-refractivity contribution in [3.8, 4) is 0 Å². The van der Waals surface area contributed by atoms with E-state index in [1.807, 2.05) is 0 Å². The van der Waals surface area contributed by atoms with Crippen LogP contribution in [-0.2, 0) is 4.79 Å². The molecule has 1 aromatic heterocycles. The molecule has 0 bridgehead atoms. The fraction of sp³-hybridized carbons (Fsp3) is 0.556. The normalized spacial score (nSPS) is 27.4. The van der Waals surface area contributed by atoms with Crippen LogP contribution in [0.1, 0.15) is 24.4 Å². The summed E-state index contributed by atoms with van der Waals surface area (Å²) >= 11 is 0. The summed E-state index contributed by atoms with van der Waals surface area (Å²) in [4.78, 5) is 10.8. The van der Waals surface area contributed by atoms with Crippen LogP contribution >= 0.6 is 0 Å². The predicted molar refractivity (Wildman–Crippen MR) is 47.6 cm³/mol. The number of hydrogen-bond acceptors (Lipinski definition) is 4. The van der Waals surface area contributed by atoms with E-state index in [-0.39, 0.29) is 12.0 Å². The lowest BCUT2D eigenvalue weighted by atomic mass is 9.90. The second-order valence-electron chi connectivity index (χ2n) is 3.52. The highest BCUT2D eigenvalue weighted by molar-refractivity contribution is 5.70. The van der Waals surface area contributed by atoms with Crippen LogP contribution in [-0.4, -0.2) is 22.8 Å². The van der Waals surface area contributed by atoms with Crippen LogP contribution in [0.15, 0.2) is 17.0 Å². The van der Waals surface area contributed by atoms with Gasteiger partial charge in [-0.2, -0.15) is 0 Å². The molecular weight excluding hydrogens is 184 g/mol. The second-order valence-corrected chi connectivity index (χ2v) is 3.52. The van der Waals surface area contributed by atoms with E-state index in [1.54, 1.807) is 12.5 Å². The third-order valence-electron chi connectivity index (χ3n) is 2.61. The minimum absolute atomic E-state index is 0.0658. The Kier molecular flexibility index (Phi) is 2.49. The number of nitrogens with zero attached hydrogens (tertiary/aromatic N) is 1. The molecule has 1 aromatic rings. The molecule has 1 saturated heterocycles. The van der Waals surface area contributed by atoms with Gasteiger partial charge in [0.25, 0.3) is 0 Å². The van der Waals surface area contributed by atoms with Crippen LogP contribution in [0.25, 0.3) is 0 Å². The van der Waals surface area contributed by atoms with Crippen LogP contribution in [0.5, 0.6) is 0 Å². The SMILES string of the molecule is O=C(O)C1CCNC(c2cnoc2)C1. The summed E-state index contributed by atoms with van der Waals surface area (Å²) in [5.74, 6) is -0.968. The molecule has 0 aliphatic carbocycles. The van der Waals surface area contributed by atoms with Crippen molar-refractivity contribution in [2.75, 3.05) is 6.54 Å². The fourth-order valence-corrected chi connectivity index (χ4v) is 1.78. The average Bonchev–Trinajstić information content (AvgIpc) is 2.71. The van der Waals surface area contributed by atoms with Gasteiger partial charge < -0.3 is 14.9 Å². The Morgan fingerprint density at radius 1 is 1.71 bits per heavy atom. The maximum atomic E-state index is 10.8. The molecule has 2 unspecified atom stereocenters. The highest BCUT2D eigenvalue weighted by atomic mass is 16.5. The second kappa shape index (κ2) is 3.79. The highest BCUT2D eigenvalue weighted by Crippen LogP contribution is 2.26. The number of piperidine rings is 1. The topological polar surface area (TPSA) is 75.4 Å². The van der Waals surface area contributed by atoms with Crippen molar-refractivity contribution in [1.29, 1.82) is 0 Å². The monoisotopic (exact) mass is 196 g/mol.